The molecule has 0 radical (unpaired) electrons. The van der Waals surface area contributed by atoms with Crippen LogP contribution in [0.5, 0.6) is 5.75 Å². The highest BCUT2D eigenvalue weighted by atomic mass is 16.5. The van der Waals surface area contributed by atoms with Gasteiger partial charge in [-0.15, -0.1) is 0 Å². The SMILES string of the molecule is COc1ccc(CC(C)N2C3CCC2C(C(=O)O)C3)cc1. The number of hydrogen-bond acceptors (Lipinski definition) is 3. The molecular weight excluding hydrogens is 266 g/mol. The van der Waals surface area contributed by atoms with Crippen molar-refractivity contribution in [3.05, 3.63) is 29.8 Å². The lowest BCUT2D eigenvalue weighted by Crippen LogP contribution is -2.40. The van der Waals surface area contributed by atoms with Crippen LogP contribution in [0.1, 0.15) is 31.7 Å². The van der Waals surface area contributed by atoms with E-state index in [1.165, 1.54) is 5.56 Å². The normalized spacial score (nSPS) is 29.5. The Balaban J connectivity index is 1.68. The van der Waals surface area contributed by atoms with Crippen LogP contribution in [0, 0.1) is 5.92 Å². The molecule has 114 valence electrons. The third-order valence-corrected chi connectivity index (χ3v) is 5.11. The molecular formula is C17H23NO3. The van der Waals surface area contributed by atoms with Crippen LogP contribution in [-0.2, 0) is 11.2 Å². The fourth-order valence-corrected chi connectivity index (χ4v) is 4.19. The molecule has 2 bridgehead atoms. The fraction of sp³-hybridized carbons (Fsp3) is 0.588. The van der Waals surface area contributed by atoms with Crippen LogP contribution in [-0.4, -0.2) is 41.2 Å². The first kappa shape index (κ1) is 14.4. The summed E-state index contributed by atoms with van der Waals surface area (Å²) in [5.41, 5.74) is 1.28. The van der Waals surface area contributed by atoms with Gasteiger partial charge < -0.3 is 9.84 Å². The van der Waals surface area contributed by atoms with Gasteiger partial charge in [-0.25, -0.2) is 0 Å². The number of nitrogens with zero attached hydrogens (tertiary/aromatic N) is 1. The Morgan fingerprint density at radius 3 is 2.67 bits per heavy atom. The molecule has 0 aromatic heterocycles. The highest BCUT2D eigenvalue weighted by Gasteiger charge is 2.50. The summed E-state index contributed by atoms with van der Waals surface area (Å²) in [4.78, 5) is 13.8. The predicted molar refractivity (Wildman–Crippen MR) is 80.6 cm³/mol. The van der Waals surface area contributed by atoms with Crippen LogP contribution in [0.3, 0.4) is 0 Å². The zero-order valence-electron chi connectivity index (χ0n) is 12.7. The lowest BCUT2D eigenvalue weighted by atomic mass is 9.89. The number of rotatable bonds is 5. The van der Waals surface area contributed by atoms with Gasteiger partial charge in [-0.05, 0) is 50.3 Å². The minimum Gasteiger partial charge on any atom is -0.497 e. The molecule has 4 heteroatoms. The number of hydrogen-bond donors (Lipinski definition) is 1. The zero-order chi connectivity index (χ0) is 15.0. The van der Waals surface area contributed by atoms with Crippen molar-refractivity contribution < 1.29 is 14.6 Å². The number of fused-ring (bicyclic) bond motifs is 2. The Morgan fingerprint density at radius 2 is 2.10 bits per heavy atom. The topological polar surface area (TPSA) is 49.8 Å². The maximum Gasteiger partial charge on any atom is 0.308 e. The molecule has 4 atom stereocenters. The molecule has 2 aliphatic rings. The Hall–Kier alpha value is -1.55. The van der Waals surface area contributed by atoms with E-state index in [9.17, 15) is 9.90 Å². The fourth-order valence-electron chi connectivity index (χ4n) is 4.19. The Kier molecular flexibility index (Phi) is 3.89. The highest BCUT2D eigenvalue weighted by molar-refractivity contribution is 5.71. The van der Waals surface area contributed by atoms with Gasteiger partial charge in [0.25, 0.3) is 0 Å². The van der Waals surface area contributed by atoms with Crippen molar-refractivity contribution >= 4 is 5.97 Å². The van der Waals surface area contributed by atoms with Crippen molar-refractivity contribution in [1.29, 1.82) is 0 Å². The lowest BCUT2D eigenvalue weighted by Gasteiger charge is -2.30. The summed E-state index contributed by atoms with van der Waals surface area (Å²) >= 11 is 0. The van der Waals surface area contributed by atoms with Crippen LogP contribution in [0.4, 0.5) is 0 Å². The minimum atomic E-state index is -0.621. The summed E-state index contributed by atoms with van der Waals surface area (Å²) < 4.78 is 5.18. The molecule has 4 unspecified atom stereocenters. The van der Waals surface area contributed by atoms with Gasteiger partial charge in [-0.3, -0.25) is 9.69 Å². The number of carboxylic acids is 1. The van der Waals surface area contributed by atoms with E-state index in [1.807, 2.05) is 12.1 Å². The van der Waals surface area contributed by atoms with Crippen molar-refractivity contribution in [3.63, 3.8) is 0 Å². The minimum absolute atomic E-state index is 0.165. The lowest BCUT2D eigenvalue weighted by molar-refractivity contribution is -0.142. The molecule has 2 fully saturated rings. The zero-order valence-corrected chi connectivity index (χ0v) is 12.7. The Bertz CT molecular complexity index is 513. The number of benzene rings is 1. The van der Waals surface area contributed by atoms with Gasteiger partial charge in [-0.2, -0.15) is 0 Å². The van der Waals surface area contributed by atoms with Gasteiger partial charge in [0.1, 0.15) is 5.75 Å². The summed E-state index contributed by atoms with van der Waals surface area (Å²) in [5.74, 6) is 0.0875. The van der Waals surface area contributed by atoms with Crippen molar-refractivity contribution in [2.24, 2.45) is 5.92 Å². The van der Waals surface area contributed by atoms with Crippen molar-refractivity contribution in [3.8, 4) is 5.75 Å². The van der Waals surface area contributed by atoms with Crippen LogP contribution in [0.2, 0.25) is 0 Å². The maximum atomic E-state index is 11.3. The summed E-state index contributed by atoms with van der Waals surface area (Å²) in [6, 6.07) is 9.26. The molecule has 2 saturated heterocycles. The summed E-state index contributed by atoms with van der Waals surface area (Å²) in [5, 5.41) is 9.34. The van der Waals surface area contributed by atoms with Crippen LogP contribution >= 0.6 is 0 Å². The van der Waals surface area contributed by atoms with Gasteiger partial charge >= 0.3 is 5.97 Å². The molecule has 1 N–H and O–H groups in total. The third-order valence-electron chi connectivity index (χ3n) is 5.11. The quantitative estimate of drug-likeness (QED) is 0.905. The maximum absolute atomic E-state index is 11.3. The molecule has 2 aliphatic heterocycles. The van der Waals surface area contributed by atoms with Gasteiger partial charge in [0, 0.05) is 18.1 Å². The third kappa shape index (κ3) is 2.64. The van der Waals surface area contributed by atoms with Crippen molar-refractivity contribution in [2.75, 3.05) is 7.11 Å². The largest absolute Gasteiger partial charge is 0.497 e. The smallest absolute Gasteiger partial charge is 0.308 e. The van der Waals surface area contributed by atoms with Crippen LogP contribution < -0.4 is 4.74 Å². The highest BCUT2D eigenvalue weighted by Crippen LogP contribution is 2.43. The molecule has 4 nitrogen and oxygen atoms in total. The Labute approximate surface area is 125 Å². The number of methoxy groups -OCH3 is 1. The van der Waals surface area contributed by atoms with E-state index >= 15 is 0 Å². The molecule has 3 rings (SSSR count). The average Bonchev–Trinajstić information content (AvgIpc) is 3.05. The molecule has 21 heavy (non-hydrogen) atoms. The second kappa shape index (κ2) is 5.68. The van der Waals surface area contributed by atoms with Gasteiger partial charge in [0.05, 0.1) is 13.0 Å². The first-order valence-corrected chi connectivity index (χ1v) is 7.73. The van der Waals surface area contributed by atoms with E-state index in [0.29, 0.717) is 12.1 Å². The average molecular weight is 289 g/mol. The number of ether oxygens (including phenoxy) is 1. The van der Waals surface area contributed by atoms with Gasteiger partial charge in [0.2, 0.25) is 0 Å². The van der Waals surface area contributed by atoms with E-state index in [4.69, 9.17) is 4.74 Å². The first-order chi connectivity index (χ1) is 10.1. The summed E-state index contributed by atoms with van der Waals surface area (Å²) in [7, 11) is 1.67. The van der Waals surface area contributed by atoms with Gasteiger partial charge in [-0.1, -0.05) is 12.1 Å². The molecule has 1 aromatic carbocycles. The van der Waals surface area contributed by atoms with Crippen molar-refractivity contribution in [1.82, 2.24) is 4.90 Å². The molecule has 2 heterocycles. The second-order valence-corrected chi connectivity index (χ2v) is 6.33. The van der Waals surface area contributed by atoms with E-state index < -0.39 is 5.97 Å². The Morgan fingerprint density at radius 1 is 1.38 bits per heavy atom. The molecule has 0 saturated carbocycles. The summed E-state index contributed by atoms with van der Waals surface area (Å²) in [6.45, 7) is 2.22. The predicted octanol–water partition coefficient (Wildman–Crippen LogP) is 2.56. The van der Waals surface area contributed by atoms with E-state index in [2.05, 4.69) is 24.0 Å². The second-order valence-electron chi connectivity index (χ2n) is 6.33. The molecule has 0 amide bonds. The van der Waals surface area contributed by atoms with E-state index in [1.54, 1.807) is 7.11 Å². The monoisotopic (exact) mass is 289 g/mol. The number of carbonyl (C=O) groups is 1. The summed E-state index contributed by atoms with van der Waals surface area (Å²) in [6.07, 6.45) is 3.98. The van der Waals surface area contributed by atoms with E-state index in [-0.39, 0.29) is 12.0 Å². The number of aliphatic carboxylic acids is 1. The van der Waals surface area contributed by atoms with Crippen LogP contribution in [0.25, 0.3) is 0 Å². The number of carboxylic acid groups (broad SMARTS) is 1. The molecule has 1 aromatic rings. The van der Waals surface area contributed by atoms with Crippen LogP contribution in [0.15, 0.2) is 24.3 Å². The van der Waals surface area contributed by atoms with E-state index in [0.717, 1.165) is 31.4 Å². The first-order valence-electron chi connectivity index (χ1n) is 7.73. The molecule has 0 spiro atoms. The standard InChI is InChI=1S/C17H23NO3/c1-11(9-12-3-6-14(21-2)7-4-12)18-13-5-8-16(18)15(10-13)17(19)20/h3-4,6-7,11,13,15-16H,5,8-10H2,1-2H3,(H,19,20). The van der Waals surface area contributed by atoms with Gasteiger partial charge in [0.15, 0.2) is 0 Å². The van der Waals surface area contributed by atoms with Crippen molar-refractivity contribution in [2.45, 2.75) is 50.7 Å². The molecule has 0 aliphatic carbocycles.